The lowest BCUT2D eigenvalue weighted by Crippen LogP contribution is -2.16. The Balaban J connectivity index is 1.76. The normalized spacial score (nSPS) is 10.4. The van der Waals surface area contributed by atoms with Crippen molar-refractivity contribution in [2.45, 2.75) is 13.2 Å². The van der Waals surface area contributed by atoms with Gasteiger partial charge in [0.2, 0.25) is 0 Å². The number of hydrogen-bond donors (Lipinski definition) is 1. The first-order chi connectivity index (χ1) is 9.88. The summed E-state index contributed by atoms with van der Waals surface area (Å²) in [7, 11) is 0. The maximum Gasteiger partial charge on any atom is 0.119 e. The van der Waals surface area contributed by atoms with E-state index in [0.29, 0.717) is 6.61 Å². The van der Waals surface area contributed by atoms with Crippen LogP contribution in [-0.4, -0.2) is 18.6 Å². The number of rotatable bonds is 8. The largest absolute Gasteiger partial charge is 0.489 e. The summed E-state index contributed by atoms with van der Waals surface area (Å²) >= 11 is 1.86. The molecule has 0 spiro atoms. The standard InChI is InChI=1S/C17H21NOS/c1-20-12-11-18-13-15-7-9-17(10-8-15)19-14-16-5-3-2-4-6-16/h2-10,18H,11-14H2,1H3. The molecule has 1 N–H and O–H groups in total. The average Bonchev–Trinajstić information content (AvgIpc) is 2.52. The summed E-state index contributed by atoms with van der Waals surface area (Å²) in [6.45, 7) is 2.58. The summed E-state index contributed by atoms with van der Waals surface area (Å²) in [6.07, 6.45) is 2.13. The van der Waals surface area contributed by atoms with Crippen LogP contribution in [0.15, 0.2) is 54.6 Å². The molecule has 0 saturated heterocycles. The molecule has 2 aromatic rings. The predicted molar refractivity (Wildman–Crippen MR) is 87.3 cm³/mol. The average molecular weight is 287 g/mol. The topological polar surface area (TPSA) is 21.3 Å². The van der Waals surface area contributed by atoms with E-state index in [9.17, 15) is 0 Å². The molecule has 0 atom stereocenters. The molecule has 2 rings (SSSR count). The SMILES string of the molecule is CSCCNCc1ccc(OCc2ccccc2)cc1. The molecule has 0 aliphatic carbocycles. The lowest BCUT2D eigenvalue weighted by Gasteiger charge is -2.08. The van der Waals surface area contributed by atoms with Gasteiger partial charge in [-0.05, 0) is 29.5 Å². The molecule has 2 nitrogen and oxygen atoms in total. The minimum absolute atomic E-state index is 0.617. The van der Waals surface area contributed by atoms with E-state index in [0.717, 1.165) is 24.6 Å². The monoisotopic (exact) mass is 287 g/mol. The van der Waals surface area contributed by atoms with Gasteiger partial charge >= 0.3 is 0 Å². The molecule has 0 aliphatic rings. The van der Waals surface area contributed by atoms with E-state index in [1.165, 1.54) is 11.1 Å². The molecular weight excluding hydrogens is 266 g/mol. The Hall–Kier alpha value is -1.45. The van der Waals surface area contributed by atoms with E-state index in [1.807, 2.05) is 42.1 Å². The number of benzene rings is 2. The van der Waals surface area contributed by atoms with Gasteiger partial charge in [0.1, 0.15) is 12.4 Å². The summed E-state index contributed by atoms with van der Waals surface area (Å²) in [5.41, 5.74) is 2.48. The highest BCUT2D eigenvalue weighted by Gasteiger charge is 1.97. The van der Waals surface area contributed by atoms with Crippen molar-refractivity contribution in [3.8, 4) is 5.75 Å². The number of hydrogen-bond acceptors (Lipinski definition) is 3. The van der Waals surface area contributed by atoms with Crippen molar-refractivity contribution in [1.82, 2.24) is 5.32 Å². The zero-order valence-corrected chi connectivity index (χ0v) is 12.7. The molecule has 20 heavy (non-hydrogen) atoms. The third-order valence-electron chi connectivity index (χ3n) is 2.98. The molecule has 0 saturated carbocycles. The molecule has 0 aliphatic heterocycles. The summed E-state index contributed by atoms with van der Waals surface area (Å²) in [5.74, 6) is 2.07. The van der Waals surface area contributed by atoms with Gasteiger partial charge in [-0.2, -0.15) is 11.8 Å². The Morgan fingerprint density at radius 1 is 0.950 bits per heavy atom. The van der Waals surface area contributed by atoms with Gasteiger partial charge < -0.3 is 10.1 Å². The van der Waals surface area contributed by atoms with Gasteiger partial charge in [0, 0.05) is 18.8 Å². The van der Waals surface area contributed by atoms with Crippen LogP contribution in [-0.2, 0) is 13.2 Å². The maximum absolute atomic E-state index is 5.77. The molecule has 0 fully saturated rings. The summed E-state index contributed by atoms with van der Waals surface area (Å²) in [4.78, 5) is 0. The lowest BCUT2D eigenvalue weighted by molar-refractivity contribution is 0.306. The third kappa shape index (κ3) is 5.27. The maximum atomic E-state index is 5.77. The van der Waals surface area contributed by atoms with Crippen LogP contribution in [0.5, 0.6) is 5.75 Å². The van der Waals surface area contributed by atoms with Crippen LogP contribution >= 0.6 is 11.8 Å². The molecule has 0 aromatic heterocycles. The third-order valence-corrected chi connectivity index (χ3v) is 3.60. The molecule has 0 bridgehead atoms. The minimum Gasteiger partial charge on any atom is -0.489 e. The van der Waals surface area contributed by atoms with Crippen LogP contribution in [0.2, 0.25) is 0 Å². The lowest BCUT2D eigenvalue weighted by atomic mass is 10.2. The first-order valence-electron chi connectivity index (χ1n) is 6.84. The zero-order valence-electron chi connectivity index (χ0n) is 11.8. The first kappa shape index (κ1) is 14.9. The Labute approximate surface area is 125 Å². The van der Waals surface area contributed by atoms with Crippen LogP contribution < -0.4 is 10.1 Å². The van der Waals surface area contributed by atoms with Crippen molar-refractivity contribution in [1.29, 1.82) is 0 Å². The van der Waals surface area contributed by atoms with Gasteiger partial charge in [0.25, 0.3) is 0 Å². The van der Waals surface area contributed by atoms with Crippen molar-refractivity contribution < 1.29 is 4.74 Å². The van der Waals surface area contributed by atoms with E-state index >= 15 is 0 Å². The fourth-order valence-corrected chi connectivity index (χ4v) is 2.20. The Morgan fingerprint density at radius 3 is 2.40 bits per heavy atom. The van der Waals surface area contributed by atoms with E-state index in [4.69, 9.17) is 4.74 Å². The van der Waals surface area contributed by atoms with Crippen LogP contribution in [0.25, 0.3) is 0 Å². The molecule has 3 heteroatoms. The Morgan fingerprint density at radius 2 is 1.70 bits per heavy atom. The van der Waals surface area contributed by atoms with Gasteiger partial charge in [0.15, 0.2) is 0 Å². The second-order valence-electron chi connectivity index (χ2n) is 4.59. The van der Waals surface area contributed by atoms with Crippen LogP contribution in [0.4, 0.5) is 0 Å². The van der Waals surface area contributed by atoms with Crippen LogP contribution in [0, 0.1) is 0 Å². The Bertz CT molecular complexity index is 484. The van der Waals surface area contributed by atoms with Crippen molar-refractivity contribution >= 4 is 11.8 Å². The molecular formula is C17H21NOS. The van der Waals surface area contributed by atoms with E-state index in [-0.39, 0.29) is 0 Å². The molecule has 0 heterocycles. The molecule has 0 amide bonds. The van der Waals surface area contributed by atoms with Gasteiger partial charge in [-0.15, -0.1) is 0 Å². The second-order valence-corrected chi connectivity index (χ2v) is 5.57. The minimum atomic E-state index is 0.617. The zero-order chi connectivity index (χ0) is 14.0. The summed E-state index contributed by atoms with van der Waals surface area (Å²) in [6, 6.07) is 18.5. The smallest absolute Gasteiger partial charge is 0.119 e. The fourth-order valence-electron chi connectivity index (χ4n) is 1.85. The second kappa shape index (κ2) is 8.67. The highest BCUT2D eigenvalue weighted by Crippen LogP contribution is 2.14. The van der Waals surface area contributed by atoms with Crippen LogP contribution in [0.3, 0.4) is 0 Å². The molecule has 2 aromatic carbocycles. The number of nitrogens with one attached hydrogen (secondary N) is 1. The fraction of sp³-hybridized carbons (Fsp3) is 0.294. The van der Waals surface area contributed by atoms with Crippen molar-refractivity contribution in [3.05, 3.63) is 65.7 Å². The highest BCUT2D eigenvalue weighted by atomic mass is 32.2. The van der Waals surface area contributed by atoms with Gasteiger partial charge in [0.05, 0.1) is 0 Å². The number of ether oxygens (including phenoxy) is 1. The van der Waals surface area contributed by atoms with E-state index in [2.05, 4.69) is 35.8 Å². The van der Waals surface area contributed by atoms with Gasteiger partial charge in [-0.25, -0.2) is 0 Å². The van der Waals surface area contributed by atoms with Gasteiger partial charge in [-0.3, -0.25) is 0 Å². The summed E-state index contributed by atoms with van der Waals surface area (Å²) in [5, 5.41) is 3.42. The van der Waals surface area contributed by atoms with Crippen molar-refractivity contribution in [2.75, 3.05) is 18.6 Å². The first-order valence-corrected chi connectivity index (χ1v) is 8.23. The summed E-state index contributed by atoms with van der Waals surface area (Å²) < 4.78 is 5.77. The molecule has 0 unspecified atom stereocenters. The molecule has 0 radical (unpaired) electrons. The molecule has 106 valence electrons. The predicted octanol–water partition coefficient (Wildman–Crippen LogP) is 3.72. The van der Waals surface area contributed by atoms with Crippen molar-refractivity contribution in [2.24, 2.45) is 0 Å². The van der Waals surface area contributed by atoms with E-state index < -0.39 is 0 Å². The van der Waals surface area contributed by atoms with Gasteiger partial charge in [-0.1, -0.05) is 42.5 Å². The highest BCUT2D eigenvalue weighted by molar-refractivity contribution is 7.98. The number of thioether (sulfide) groups is 1. The quantitative estimate of drug-likeness (QED) is 0.748. The van der Waals surface area contributed by atoms with E-state index in [1.54, 1.807) is 0 Å². The van der Waals surface area contributed by atoms with Crippen molar-refractivity contribution in [3.63, 3.8) is 0 Å². The Kier molecular flexibility index (Phi) is 6.48. The van der Waals surface area contributed by atoms with Crippen LogP contribution in [0.1, 0.15) is 11.1 Å².